The van der Waals surface area contributed by atoms with Crippen molar-refractivity contribution >= 4 is 15.7 Å². The van der Waals surface area contributed by atoms with Gasteiger partial charge in [0.25, 0.3) is 0 Å². The van der Waals surface area contributed by atoms with Gasteiger partial charge in [0.05, 0.1) is 11.5 Å². The van der Waals surface area contributed by atoms with E-state index in [1.807, 2.05) is 34.0 Å². The summed E-state index contributed by atoms with van der Waals surface area (Å²) in [6.07, 6.45) is 5.27. The Labute approximate surface area is 131 Å². The van der Waals surface area contributed by atoms with Gasteiger partial charge >= 0.3 is 0 Å². The molecule has 0 aromatic carbocycles. The van der Waals surface area contributed by atoms with Crippen LogP contribution in [0.5, 0.6) is 0 Å². The molecule has 0 aliphatic carbocycles. The first-order chi connectivity index (χ1) is 10.5. The summed E-state index contributed by atoms with van der Waals surface area (Å²) in [5.41, 5.74) is 0. The predicted molar refractivity (Wildman–Crippen MR) is 84.3 cm³/mol. The van der Waals surface area contributed by atoms with Gasteiger partial charge in [0.15, 0.2) is 0 Å². The van der Waals surface area contributed by atoms with Crippen LogP contribution in [0, 0.1) is 0 Å². The van der Waals surface area contributed by atoms with Crippen LogP contribution < -0.4 is 0 Å². The van der Waals surface area contributed by atoms with Gasteiger partial charge in [-0.2, -0.15) is 0 Å². The third-order valence-corrected chi connectivity index (χ3v) is 6.41. The lowest BCUT2D eigenvalue weighted by atomic mass is 10.1. The minimum Gasteiger partial charge on any atom is -0.345 e. The minimum absolute atomic E-state index is 0.155. The molecule has 122 valence electrons. The molecular formula is C15H23N3O3S. The van der Waals surface area contributed by atoms with Crippen LogP contribution in [0.25, 0.3) is 0 Å². The van der Waals surface area contributed by atoms with E-state index in [9.17, 15) is 13.2 Å². The quantitative estimate of drug-likeness (QED) is 0.797. The molecule has 2 fully saturated rings. The molecule has 2 aliphatic heterocycles. The summed E-state index contributed by atoms with van der Waals surface area (Å²) in [6.45, 7) is 3.58. The van der Waals surface area contributed by atoms with Gasteiger partial charge in [-0.15, -0.1) is 0 Å². The summed E-state index contributed by atoms with van der Waals surface area (Å²) in [4.78, 5) is 16.5. The highest BCUT2D eigenvalue weighted by Gasteiger charge is 2.30. The average Bonchev–Trinajstić information content (AvgIpc) is 3.00. The van der Waals surface area contributed by atoms with Crippen molar-refractivity contribution in [2.45, 2.75) is 25.4 Å². The van der Waals surface area contributed by atoms with Gasteiger partial charge < -0.3 is 9.47 Å². The molecule has 2 saturated heterocycles. The maximum atomic E-state index is 12.2. The highest BCUT2D eigenvalue weighted by molar-refractivity contribution is 7.91. The number of hydrogen-bond donors (Lipinski definition) is 0. The van der Waals surface area contributed by atoms with Crippen LogP contribution in [0.15, 0.2) is 24.5 Å². The molecule has 2 aliphatic rings. The van der Waals surface area contributed by atoms with Crippen molar-refractivity contribution in [3.63, 3.8) is 0 Å². The standard InChI is InChI=1S/C15H23N3O3S/c19-15(13-16-5-1-2-6-16)18-9-7-17(8-10-18)14-3-11-22(20,21)12-4-14/h1-2,5-6,14H,3-4,7-13H2. The van der Waals surface area contributed by atoms with Crippen LogP contribution in [0.3, 0.4) is 0 Å². The molecule has 3 rings (SSSR count). The second-order valence-corrected chi connectivity index (χ2v) is 8.46. The fraction of sp³-hybridized carbons (Fsp3) is 0.667. The molecule has 0 N–H and O–H groups in total. The first-order valence-corrected chi connectivity index (χ1v) is 9.69. The largest absolute Gasteiger partial charge is 0.345 e. The number of sulfone groups is 1. The zero-order chi connectivity index (χ0) is 15.6. The van der Waals surface area contributed by atoms with Gasteiger partial charge in [0.2, 0.25) is 5.91 Å². The molecule has 0 radical (unpaired) electrons. The van der Waals surface area contributed by atoms with Crippen molar-refractivity contribution < 1.29 is 13.2 Å². The molecule has 6 nitrogen and oxygen atoms in total. The first-order valence-electron chi connectivity index (χ1n) is 7.86. The van der Waals surface area contributed by atoms with Crippen molar-refractivity contribution in [3.05, 3.63) is 24.5 Å². The SMILES string of the molecule is O=C(Cn1cccc1)N1CCN(C2CCS(=O)(=O)CC2)CC1. The van der Waals surface area contributed by atoms with E-state index in [0.717, 1.165) is 39.0 Å². The predicted octanol–water partition coefficient (Wildman–Crippen LogP) is 0.210. The topological polar surface area (TPSA) is 62.6 Å². The molecule has 22 heavy (non-hydrogen) atoms. The number of carbonyl (C=O) groups excluding carboxylic acids is 1. The van der Waals surface area contributed by atoms with Crippen molar-refractivity contribution in [2.24, 2.45) is 0 Å². The van der Waals surface area contributed by atoms with E-state index >= 15 is 0 Å². The molecule has 1 amide bonds. The van der Waals surface area contributed by atoms with E-state index < -0.39 is 9.84 Å². The molecule has 0 bridgehead atoms. The van der Waals surface area contributed by atoms with E-state index in [1.54, 1.807) is 0 Å². The lowest BCUT2D eigenvalue weighted by Gasteiger charge is -2.40. The Morgan fingerprint density at radius 1 is 1.00 bits per heavy atom. The van der Waals surface area contributed by atoms with Gasteiger partial charge in [-0.25, -0.2) is 8.42 Å². The second kappa shape index (κ2) is 6.42. The highest BCUT2D eigenvalue weighted by atomic mass is 32.2. The van der Waals surface area contributed by atoms with Gasteiger partial charge in [-0.3, -0.25) is 9.69 Å². The van der Waals surface area contributed by atoms with Crippen molar-refractivity contribution in [1.82, 2.24) is 14.4 Å². The van der Waals surface area contributed by atoms with Crippen LogP contribution in [-0.4, -0.2) is 72.4 Å². The number of hydrogen-bond acceptors (Lipinski definition) is 4. The second-order valence-electron chi connectivity index (χ2n) is 6.16. The number of piperazine rings is 1. The fourth-order valence-electron chi connectivity index (χ4n) is 3.31. The lowest BCUT2D eigenvalue weighted by molar-refractivity contribution is -0.133. The summed E-state index contributed by atoms with van der Waals surface area (Å²) in [5, 5.41) is 0. The summed E-state index contributed by atoms with van der Waals surface area (Å²) >= 11 is 0. The third-order valence-electron chi connectivity index (χ3n) is 4.69. The van der Waals surface area contributed by atoms with Crippen LogP contribution in [0.4, 0.5) is 0 Å². The molecule has 1 aromatic rings. The summed E-state index contributed by atoms with van der Waals surface area (Å²) < 4.78 is 24.9. The summed E-state index contributed by atoms with van der Waals surface area (Å²) in [5.74, 6) is 0.775. The molecule has 3 heterocycles. The maximum absolute atomic E-state index is 12.2. The molecule has 1 aromatic heterocycles. The van der Waals surface area contributed by atoms with Crippen molar-refractivity contribution in [1.29, 1.82) is 0 Å². The third kappa shape index (κ3) is 3.70. The summed E-state index contributed by atoms with van der Waals surface area (Å²) in [7, 11) is -2.80. The monoisotopic (exact) mass is 325 g/mol. The van der Waals surface area contributed by atoms with E-state index in [4.69, 9.17) is 0 Å². The lowest BCUT2D eigenvalue weighted by Crippen LogP contribution is -2.53. The normalized spacial score (nSPS) is 23.5. The number of amides is 1. The Morgan fingerprint density at radius 3 is 2.18 bits per heavy atom. The Morgan fingerprint density at radius 2 is 1.59 bits per heavy atom. The molecule has 0 saturated carbocycles. The fourth-order valence-corrected chi connectivity index (χ4v) is 4.78. The van der Waals surface area contributed by atoms with Crippen LogP contribution in [0.2, 0.25) is 0 Å². The maximum Gasteiger partial charge on any atom is 0.242 e. The Bertz CT molecular complexity index is 590. The number of aromatic nitrogens is 1. The average molecular weight is 325 g/mol. The molecule has 0 atom stereocenters. The Hall–Kier alpha value is -1.34. The van der Waals surface area contributed by atoms with Gasteiger partial charge in [-0.05, 0) is 25.0 Å². The number of carbonyl (C=O) groups is 1. The van der Waals surface area contributed by atoms with Crippen LogP contribution in [-0.2, 0) is 21.2 Å². The number of rotatable bonds is 3. The minimum atomic E-state index is -2.80. The van der Waals surface area contributed by atoms with E-state index in [-0.39, 0.29) is 5.91 Å². The first kappa shape index (κ1) is 15.6. The van der Waals surface area contributed by atoms with E-state index in [0.29, 0.717) is 24.1 Å². The van der Waals surface area contributed by atoms with Crippen molar-refractivity contribution in [3.8, 4) is 0 Å². The molecule has 7 heteroatoms. The molecule has 0 spiro atoms. The van der Waals surface area contributed by atoms with Gasteiger partial charge in [0.1, 0.15) is 16.4 Å². The molecule has 0 unspecified atom stereocenters. The Kier molecular flexibility index (Phi) is 4.54. The van der Waals surface area contributed by atoms with Gasteiger partial charge in [0, 0.05) is 44.6 Å². The van der Waals surface area contributed by atoms with E-state index in [2.05, 4.69) is 4.90 Å². The zero-order valence-corrected chi connectivity index (χ0v) is 13.5. The van der Waals surface area contributed by atoms with Gasteiger partial charge in [-0.1, -0.05) is 0 Å². The van der Waals surface area contributed by atoms with Crippen LogP contribution in [0.1, 0.15) is 12.8 Å². The summed E-state index contributed by atoms with van der Waals surface area (Å²) in [6, 6.07) is 4.20. The zero-order valence-electron chi connectivity index (χ0n) is 12.7. The number of nitrogens with zero attached hydrogens (tertiary/aromatic N) is 3. The van der Waals surface area contributed by atoms with Crippen molar-refractivity contribution in [2.75, 3.05) is 37.7 Å². The van der Waals surface area contributed by atoms with E-state index in [1.165, 1.54) is 0 Å². The smallest absolute Gasteiger partial charge is 0.242 e. The Balaban J connectivity index is 1.47. The van der Waals surface area contributed by atoms with Crippen LogP contribution >= 0.6 is 0 Å². The highest BCUT2D eigenvalue weighted by Crippen LogP contribution is 2.19. The molecular weight excluding hydrogens is 302 g/mol.